The van der Waals surface area contributed by atoms with Gasteiger partial charge in [-0.3, -0.25) is 4.79 Å². The smallest absolute Gasteiger partial charge is 0.364 e. The molecule has 1 heterocycles. The molecule has 6 N–H and O–H groups in total. The number of carbonyl (C=O) groups is 2. The van der Waals surface area contributed by atoms with Crippen LogP contribution in [0.25, 0.3) is 0 Å². The second kappa shape index (κ2) is 8.70. The molecule has 24 heavy (non-hydrogen) atoms. The van der Waals surface area contributed by atoms with E-state index in [1.807, 2.05) is 0 Å². The van der Waals surface area contributed by atoms with Crippen molar-refractivity contribution >= 4 is 11.9 Å². The Balaban J connectivity index is 3.12. The lowest BCUT2D eigenvalue weighted by Gasteiger charge is -2.46. The molecule has 0 spiro atoms. The first-order chi connectivity index (χ1) is 11.2. The normalized spacial score (nSPS) is 32.8. The summed E-state index contributed by atoms with van der Waals surface area (Å²) in [4.78, 5) is 23.3. The highest BCUT2D eigenvalue weighted by Gasteiger charge is 2.55. The molecule has 0 bridgehead atoms. The zero-order valence-corrected chi connectivity index (χ0v) is 13.6. The number of hydrogen-bond acceptors (Lipinski definition) is 8. The standard InChI is InChI=1S/C14H25NO9/c1-3-4-9(19)15-10-7(17)5-14(23-2,13(21)22)24-12(10)11(20)8(18)6-16/h7-8,10-12,16-18,20H,3-6H2,1-2H3,(H,15,19)(H,21,22)/t7-,8+,10+,11+,12+,14-/m0/s1. The number of carbonyl (C=O) groups excluding carboxylic acids is 1. The first kappa shape index (κ1) is 20.7. The minimum atomic E-state index is -2.24. The van der Waals surface area contributed by atoms with Gasteiger partial charge >= 0.3 is 5.97 Å². The molecule has 1 amide bonds. The average molecular weight is 351 g/mol. The number of rotatable bonds is 8. The summed E-state index contributed by atoms with van der Waals surface area (Å²) >= 11 is 0. The summed E-state index contributed by atoms with van der Waals surface area (Å²) in [5, 5.41) is 50.8. The van der Waals surface area contributed by atoms with Gasteiger partial charge in [-0.1, -0.05) is 6.92 Å². The minimum absolute atomic E-state index is 0.156. The second-order valence-corrected chi connectivity index (χ2v) is 5.70. The largest absolute Gasteiger partial charge is 0.477 e. The molecule has 0 aliphatic carbocycles. The summed E-state index contributed by atoms with van der Waals surface area (Å²) < 4.78 is 10.2. The Morgan fingerprint density at radius 2 is 2.04 bits per heavy atom. The zero-order chi connectivity index (χ0) is 18.5. The van der Waals surface area contributed by atoms with Gasteiger partial charge in [0.2, 0.25) is 5.91 Å². The molecular formula is C14H25NO9. The van der Waals surface area contributed by atoms with Crippen LogP contribution < -0.4 is 5.32 Å². The Morgan fingerprint density at radius 1 is 1.42 bits per heavy atom. The van der Waals surface area contributed by atoms with E-state index in [0.717, 1.165) is 7.11 Å². The van der Waals surface area contributed by atoms with Crippen molar-refractivity contribution in [3.05, 3.63) is 0 Å². The first-order valence-corrected chi connectivity index (χ1v) is 7.63. The van der Waals surface area contributed by atoms with Crippen LogP contribution in [0.15, 0.2) is 0 Å². The summed E-state index contributed by atoms with van der Waals surface area (Å²) in [7, 11) is 1.06. The second-order valence-electron chi connectivity index (χ2n) is 5.70. The summed E-state index contributed by atoms with van der Waals surface area (Å²) in [6.07, 6.45) is -6.13. The molecular weight excluding hydrogens is 326 g/mol. The van der Waals surface area contributed by atoms with Crippen LogP contribution in [-0.4, -0.2) is 87.4 Å². The van der Waals surface area contributed by atoms with Gasteiger partial charge in [0, 0.05) is 20.0 Å². The number of nitrogens with one attached hydrogen (secondary N) is 1. The van der Waals surface area contributed by atoms with Crippen molar-refractivity contribution in [2.45, 2.75) is 62.4 Å². The SMILES string of the molecule is CCCC(=O)N[C@H]1[C@H]([C@H](O)[C@H](O)CO)O[C@](OC)(C(=O)O)C[C@@H]1O. The lowest BCUT2D eigenvalue weighted by Crippen LogP contribution is -2.67. The number of carboxylic acids is 1. The highest BCUT2D eigenvalue weighted by atomic mass is 16.7. The number of aliphatic hydroxyl groups excluding tert-OH is 4. The van der Waals surface area contributed by atoms with Crippen molar-refractivity contribution in [2.24, 2.45) is 0 Å². The van der Waals surface area contributed by atoms with Crippen LogP contribution in [0.5, 0.6) is 0 Å². The summed E-state index contributed by atoms with van der Waals surface area (Å²) in [6.45, 7) is 0.954. The molecule has 140 valence electrons. The van der Waals surface area contributed by atoms with Gasteiger partial charge in [0.25, 0.3) is 5.79 Å². The third-order valence-electron chi connectivity index (χ3n) is 3.95. The Kier molecular flexibility index (Phi) is 7.52. The van der Waals surface area contributed by atoms with Gasteiger partial charge in [0.1, 0.15) is 18.3 Å². The van der Waals surface area contributed by atoms with E-state index in [0.29, 0.717) is 6.42 Å². The number of aliphatic hydroxyl groups is 4. The molecule has 0 unspecified atom stereocenters. The maximum atomic E-state index is 11.8. The quantitative estimate of drug-likeness (QED) is 0.278. The molecule has 0 radical (unpaired) electrons. The molecule has 6 atom stereocenters. The molecule has 0 aromatic heterocycles. The van der Waals surface area contributed by atoms with E-state index < -0.39 is 61.1 Å². The molecule has 1 aliphatic heterocycles. The van der Waals surface area contributed by atoms with Gasteiger partial charge in [0.05, 0.1) is 18.8 Å². The number of amides is 1. The van der Waals surface area contributed by atoms with Crippen LogP contribution in [0.4, 0.5) is 0 Å². The molecule has 0 aromatic carbocycles. The van der Waals surface area contributed by atoms with Crippen LogP contribution in [0, 0.1) is 0 Å². The van der Waals surface area contributed by atoms with E-state index in [1.54, 1.807) is 6.92 Å². The van der Waals surface area contributed by atoms with Crippen LogP contribution in [0.1, 0.15) is 26.2 Å². The van der Waals surface area contributed by atoms with E-state index in [2.05, 4.69) is 5.32 Å². The van der Waals surface area contributed by atoms with Crippen LogP contribution in [-0.2, 0) is 19.1 Å². The maximum absolute atomic E-state index is 11.8. The summed E-state index contributed by atoms with van der Waals surface area (Å²) in [5.74, 6) is -4.20. The summed E-state index contributed by atoms with van der Waals surface area (Å²) in [5.41, 5.74) is 0. The molecule has 1 rings (SSSR count). The van der Waals surface area contributed by atoms with Crippen LogP contribution >= 0.6 is 0 Å². The lowest BCUT2D eigenvalue weighted by atomic mass is 9.88. The number of hydrogen-bond donors (Lipinski definition) is 6. The fourth-order valence-corrected chi connectivity index (χ4v) is 2.59. The Hall–Kier alpha value is -1.30. The van der Waals surface area contributed by atoms with Gasteiger partial charge in [-0.2, -0.15) is 0 Å². The lowest BCUT2D eigenvalue weighted by molar-refractivity contribution is -0.303. The monoisotopic (exact) mass is 351 g/mol. The van der Waals surface area contributed by atoms with Crippen LogP contribution in [0.3, 0.4) is 0 Å². The fourth-order valence-electron chi connectivity index (χ4n) is 2.59. The molecule has 10 nitrogen and oxygen atoms in total. The van der Waals surface area contributed by atoms with E-state index in [-0.39, 0.29) is 6.42 Å². The van der Waals surface area contributed by atoms with E-state index in [9.17, 15) is 30.0 Å². The third kappa shape index (κ3) is 4.41. The van der Waals surface area contributed by atoms with Gasteiger partial charge in [0.15, 0.2) is 0 Å². The van der Waals surface area contributed by atoms with E-state index >= 15 is 0 Å². The van der Waals surface area contributed by atoms with Crippen molar-refractivity contribution in [3.8, 4) is 0 Å². The predicted molar refractivity (Wildman–Crippen MR) is 78.8 cm³/mol. The minimum Gasteiger partial charge on any atom is -0.477 e. The Bertz CT molecular complexity index is 446. The van der Waals surface area contributed by atoms with Crippen molar-refractivity contribution in [1.29, 1.82) is 0 Å². The van der Waals surface area contributed by atoms with Crippen molar-refractivity contribution < 1.29 is 44.6 Å². The van der Waals surface area contributed by atoms with Crippen molar-refractivity contribution in [3.63, 3.8) is 0 Å². The fraction of sp³-hybridized carbons (Fsp3) is 0.857. The predicted octanol–water partition coefficient (Wildman–Crippen LogP) is -2.44. The van der Waals surface area contributed by atoms with E-state index in [1.165, 1.54) is 0 Å². The van der Waals surface area contributed by atoms with Gasteiger partial charge in [-0.05, 0) is 6.42 Å². The molecule has 1 saturated heterocycles. The number of ether oxygens (including phenoxy) is 2. The average Bonchev–Trinajstić information content (AvgIpc) is 2.55. The molecule has 0 aromatic rings. The van der Waals surface area contributed by atoms with Gasteiger partial charge < -0.3 is 40.3 Å². The van der Waals surface area contributed by atoms with Crippen molar-refractivity contribution in [1.82, 2.24) is 5.32 Å². The Labute approximate surface area is 139 Å². The highest BCUT2D eigenvalue weighted by Crippen LogP contribution is 2.33. The zero-order valence-electron chi connectivity index (χ0n) is 13.6. The topological polar surface area (TPSA) is 166 Å². The summed E-state index contributed by atoms with van der Waals surface area (Å²) in [6, 6.07) is -1.18. The number of carboxylic acid groups (broad SMARTS) is 1. The van der Waals surface area contributed by atoms with Gasteiger partial charge in [-0.15, -0.1) is 0 Å². The number of aliphatic carboxylic acids is 1. The highest BCUT2D eigenvalue weighted by molar-refractivity contribution is 5.77. The third-order valence-corrected chi connectivity index (χ3v) is 3.95. The molecule has 1 fully saturated rings. The molecule has 0 saturated carbocycles. The van der Waals surface area contributed by atoms with Crippen LogP contribution in [0.2, 0.25) is 0 Å². The molecule has 1 aliphatic rings. The Morgan fingerprint density at radius 3 is 2.50 bits per heavy atom. The number of methoxy groups -OCH3 is 1. The van der Waals surface area contributed by atoms with Gasteiger partial charge in [-0.25, -0.2) is 4.79 Å². The van der Waals surface area contributed by atoms with E-state index in [4.69, 9.17) is 14.6 Å². The van der Waals surface area contributed by atoms with Crippen molar-refractivity contribution in [2.75, 3.05) is 13.7 Å². The maximum Gasteiger partial charge on any atom is 0.364 e. The molecule has 10 heteroatoms. The first-order valence-electron chi connectivity index (χ1n) is 7.63.